The number of benzene rings is 1. The van der Waals surface area contributed by atoms with Crippen LogP contribution in [0.3, 0.4) is 0 Å². The minimum atomic E-state index is -1.70. The molecule has 0 amide bonds. The molecule has 1 unspecified atom stereocenters. The summed E-state index contributed by atoms with van der Waals surface area (Å²) in [6.45, 7) is 19.0. The van der Waals surface area contributed by atoms with Gasteiger partial charge in [-0.25, -0.2) is 0 Å². The van der Waals surface area contributed by atoms with Crippen molar-refractivity contribution in [3.8, 4) is 0 Å². The van der Waals surface area contributed by atoms with Gasteiger partial charge in [0.15, 0.2) is 0 Å². The molecule has 1 aromatic rings. The largest absolute Gasteiger partial charge is 1.00 e. The molecule has 0 nitrogen and oxygen atoms in total. The predicted molar refractivity (Wildman–Crippen MR) is 106 cm³/mol. The van der Waals surface area contributed by atoms with Crippen molar-refractivity contribution < 1.29 is 57.7 Å². The molecular weight excluding hydrogens is 447 g/mol. The molecule has 1 aliphatic carbocycles. The van der Waals surface area contributed by atoms with Gasteiger partial charge >= 0.3 is 163 Å². The summed E-state index contributed by atoms with van der Waals surface area (Å²) < 4.78 is 1.63. The first-order valence-corrected chi connectivity index (χ1v) is 12.8. The van der Waals surface area contributed by atoms with E-state index in [1.165, 1.54) is 35.6 Å². The maximum absolute atomic E-state index is 2.65. The molecule has 1 aromatic carbocycles. The van der Waals surface area contributed by atoms with E-state index in [2.05, 4.69) is 81.5 Å². The van der Waals surface area contributed by atoms with E-state index in [1.807, 2.05) is 0 Å². The summed E-state index contributed by atoms with van der Waals surface area (Å²) in [4.78, 5) is 0. The van der Waals surface area contributed by atoms with Gasteiger partial charge in [-0.3, -0.25) is 0 Å². The molecule has 0 aliphatic heterocycles. The Morgan fingerprint density at radius 1 is 0.852 bits per heavy atom. The summed E-state index contributed by atoms with van der Waals surface area (Å²) >= 11 is 2.37. The average Bonchev–Trinajstić information content (AvgIpc) is 2.88. The van der Waals surface area contributed by atoms with Crippen molar-refractivity contribution >= 4 is 13.3 Å². The second kappa shape index (κ2) is 11.6. The fraction of sp³-hybridized carbons (Fsp3) is 0.545. The van der Waals surface area contributed by atoms with E-state index in [1.54, 1.807) is 31.0 Å². The first-order chi connectivity index (χ1) is 11.2. The van der Waals surface area contributed by atoms with Crippen LogP contribution in [0.5, 0.6) is 0 Å². The first kappa shape index (κ1) is 29.7. The molecule has 0 fully saturated rings. The van der Waals surface area contributed by atoms with Crippen LogP contribution in [-0.2, 0) is 20.4 Å². The quantitative estimate of drug-likeness (QED) is 0.396. The van der Waals surface area contributed by atoms with Crippen molar-refractivity contribution in [1.82, 2.24) is 0 Å². The Hall–Kier alpha value is 0.501. The molecule has 1 aliphatic rings. The predicted octanol–water partition coefficient (Wildman–Crippen LogP) is -2.98. The maximum Gasteiger partial charge on any atom is -1.00 e. The zero-order chi connectivity index (χ0) is 18.2. The number of rotatable bonds is 5. The summed E-state index contributed by atoms with van der Waals surface area (Å²) in [5, 5.41) is 3.49. The van der Waals surface area contributed by atoms with Gasteiger partial charge in [0.2, 0.25) is 0 Å². The molecule has 1 atom stereocenters. The zero-order valence-electron chi connectivity index (χ0n) is 18.0. The second-order valence-corrected chi connectivity index (χ2v) is 13.0. The molecular formula is C22H33Cl3SiTi. The zero-order valence-corrected chi connectivity index (χ0v) is 22.9. The third kappa shape index (κ3) is 5.36. The Bertz CT molecular complexity index is 709. The van der Waals surface area contributed by atoms with Crippen molar-refractivity contribution in [3.05, 3.63) is 48.5 Å². The minimum Gasteiger partial charge on any atom is -1.00 e. The summed E-state index contributed by atoms with van der Waals surface area (Å²) in [5.74, 6) is 0. The van der Waals surface area contributed by atoms with E-state index < -0.39 is 8.07 Å². The monoisotopic (exact) mass is 478 g/mol. The van der Waals surface area contributed by atoms with Crippen LogP contribution in [0.4, 0.5) is 0 Å². The van der Waals surface area contributed by atoms with Crippen molar-refractivity contribution in [3.63, 3.8) is 0 Å². The first-order valence-electron chi connectivity index (χ1n) is 9.36. The van der Waals surface area contributed by atoms with E-state index in [0.717, 1.165) is 6.42 Å². The fourth-order valence-corrected chi connectivity index (χ4v) is 12.0. The van der Waals surface area contributed by atoms with E-state index in [9.17, 15) is 0 Å². The minimum absolute atomic E-state index is 0. The summed E-state index contributed by atoms with van der Waals surface area (Å²) in [7, 11) is -1.70. The fourth-order valence-electron chi connectivity index (χ4n) is 4.70. The Morgan fingerprint density at radius 3 is 1.67 bits per heavy atom. The third-order valence-corrected chi connectivity index (χ3v) is 12.5. The van der Waals surface area contributed by atoms with Crippen LogP contribution in [0.1, 0.15) is 60.9 Å². The maximum atomic E-state index is 2.65. The van der Waals surface area contributed by atoms with Crippen LogP contribution in [0.2, 0.25) is 12.6 Å². The van der Waals surface area contributed by atoms with Crippen LogP contribution >= 0.6 is 0 Å². The van der Waals surface area contributed by atoms with Gasteiger partial charge in [-0.05, 0) is 0 Å². The number of allylic oxidation sites excluding steroid dienone is 4. The molecule has 0 N–H and O–H groups in total. The normalized spacial score (nSPS) is 15.4. The molecule has 0 saturated carbocycles. The summed E-state index contributed by atoms with van der Waals surface area (Å²) in [6.07, 6.45) is 6.26. The molecule has 150 valence electrons. The van der Waals surface area contributed by atoms with Gasteiger partial charge in [0.1, 0.15) is 0 Å². The van der Waals surface area contributed by atoms with Crippen molar-refractivity contribution in [2.45, 2.75) is 80.3 Å². The van der Waals surface area contributed by atoms with Crippen LogP contribution in [0, 0.1) is 34.6 Å². The summed E-state index contributed by atoms with van der Waals surface area (Å²) in [5.41, 5.74) is 9.22. The summed E-state index contributed by atoms with van der Waals surface area (Å²) in [6, 6.07) is 1.38. The van der Waals surface area contributed by atoms with Crippen LogP contribution < -0.4 is 42.4 Å². The topological polar surface area (TPSA) is 0 Å². The molecule has 0 radical (unpaired) electrons. The molecule has 0 spiro atoms. The van der Waals surface area contributed by atoms with Crippen LogP contribution in [-0.4, -0.2) is 8.07 Å². The Morgan fingerprint density at radius 2 is 1.30 bits per heavy atom. The van der Waals surface area contributed by atoms with Gasteiger partial charge in [0, 0.05) is 0 Å². The molecule has 0 bridgehead atoms. The number of unbranched alkanes of at least 4 members (excludes halogenated alkanes) is 1. The molecule has 0 saturated heterocycles. The average molecular weight is 480 g/mol. The molecule has 5 heteroatoms. The molecule has 0 heterocycles. The molecule has 0 aromatic heterocycles. The third-order valence-electron chi connectivity index (χ3n) is 6.44. The number of halogens is 3. The van der Waals surface area contributed by atoms with E-state index in [0.29, 0.717) is 0 Å². The Balaban J connectivity index is 0. The van der Waals surface area contributed by atoms with E-state index in [4.69, 9.17) is 0 Å². The van der Waals surface area contributed by atoms with Gasteiger partial charge in [-0.2, -0.15) is 0 Å². The van der Waals surface area contributed by atoms with Gasteiger partial charge in [-0.15, -0.1) is 0 Å². The Labute approximate surface area is 198 Å². The van der Waals surface area contributed by atoms with E-state index in [-0.39, 0.29) is 37.2 Å². The number of hydrogen-bond acceptors (Lipinski definition) is 0. The molecule has 2 rings (SSSR count). The van der Waals surface area contributed by atoms with Crippen LogP contribution in [0.25, 0.3) is 0 Å². The second-order valence-electron chi connectivity index (χ2n) is 7.88. The van der Waals surface area contributed by atoms with Crippen LogP contribution in [0.15, 0.2) is 20.7 Å². The smallest absolute Gasteiger partial charge is 1.00 e. The molecule has 27 heavy (non-hydrogen) atoms. The van der Waals surface area contributed by atoms with Gasteiger partial charge < -0.3 is 37.2 Å². The number of hydrogen-bond donors (Lipinski definition) is 0. The van der Waals surface area contributed by atoms with Gasteiger partial charge in [0.05, 0.1) is 0 Å². The van der Waals surface area contributed by atoms with Crippen molar-refractivity contribution in [2.24, 2.45) is 0 Å². The van der Waals surface area contributed by atoms with Crippen molar-refractivity contribution in [1.29, 1.82) is 0 Å². The van der Waals surface area contributed by atoms with Crippen molar-refractivity contribution in [2.75, 3.05) is 0 Å². The SMILES string of the molecule is CCCC[Si](C)(C1=[C]([Ti+3])CC=C1C)c1c(C)c(C)c(C)c(C)c1C.[Cl-].[Cl-].[Cl-]. The van der Waals surface area contributed by atoms with Gasteiger partial charge in [-0.1, -0.05) is 0 Å². The standard InChI is InChI=1S/C22H33Si.3ClH.Ti/c1-9-10-14-23(8,21-13-11-12-15(21)2)22-19(6)17(4)16(3)18(5)20(22)7;;;;/h12H,9-11,14H2,1-8H3;3*1H;/q;;;;+3/p-3. The van der Waals surface area contributed by atoms with Gasteiger partial charge in [0.25, 0.3) is 0 Å². The van der Waals surface area contributed by atoms with E-state index >= 15 is 0 Å². The Kier molecular flexibility index (Phi) is 12.8.